The van der Waals surface area contributed by atoms with Gasteiger partial charge in [0.2, 0.25) is 5.95 Å². The van der Waals surface area contributed by atoms with Crippen LogP contribution in [0.2, 0.25) is 0 Å². The number of hydrogen-bond acceptors (Lipinski definition) is 4. The molecule has 0 bridgehead atoms. The van der Waals surface area contributed by atoms with Crippen molar-refractivity contribution in [2.75, 3.05) is 37.6 Å². The molecular formula is C14H24N4O. The van der Waals surface area contributed by atoms with Gasteiger partial charge in [-0.2, -0.15) is 0 Å². The fourth-order valence-corrected chi connectivity index (χ4v) is 2.41. The number of piperazine rings is 1. The van der Waals surface area contributed by atoms with Crippen molar-refractivity contribution in [2.24, 2.45) is 0 Å². The molecule has 0 atom stereocenters. The van der Waals surface area contributed by atoms with E-state index in [9.17, 15) is 4.79 Å². The lowest BCUT2D eigenvalue weighted by Gasteiger charge is -2.34. The average Bonchev–Trinajstić information content (AvgIpc) is 2.44. The Morgan fingerprint density at radius 2 is 2.00 bits per heavy atom. The average molecular weight is 264 g/mol. The molecule has 19 heavy (non-hydrogen) atoms. The van der Waals surface area contributed by atoms with E-state index in [1.54, 1.807) is 6.07 Å². The van der Waals surface area contributed by atoms with E-state index in [-0.39, 0.29) is 5.56 Å². The molecule has 5 nitrogen and oxygen atoms in total. The molecule has 1 aliphatic heterocycles. The summed E-state index contributed by atoms with van der Waals surface area (Å²) in [6.45, 7) is 9.38. The maximum atomic E-state index is 11.7. The van der Waals surface area contributed by atoms with E-state index in [1.807, 2.05) is 0 Å². The molecule has 2 rings (SSSR count). The first kappa shape index (κ1) is 14.1. The minimum atomic E-state index is -0.0333. The summed E-state index contributed by atoms with van der Waals surface area (Å²) in [7, 11) is 0. The smallest absolute Gasteiger partial charge is 0.252 e. The highest BCUT2D eigenvalue weighted by Crippen LogP contribution is 2.10. The van der Waals surface area contributed by atoms with Crippen LogP contribution in [0.1, 0.15) is 32.4 Å². The van der Waals surface area contributed by atoms with Gasteiger partial charge in [-0.25, -0.2) is 4.98 Å². The molecule has 106 valence electrons. The van der Waals surface area contributed by atoms with Crippen molar-refractivity contribution in [3.63, 3.8) is 0 Å². The highest BCUT2D eigenvalue weighted by Gasteiger charge is 2.17. The number of likely N-dealkylation sites (N-methyl/N-ethyl adjacent to an activating group) is 1. The highest BCUT2D eigenvalue weighted by atomic mass is 16.1. The predicted molar refractivity (Wildman–Crippen MR) is 77.8 cm³/mol. The standard InChI is InChI=1S/C14H24N4O/c1-3-5-6-12-11-13(19)16-14(15-12)18-9-7-17(4-2)8-10-18/h11H,3-10H2,1-2H3,(H,15,16,19). The SMILES string of the molecule is CCCCc1cc(=O)[nH]c(N2CCN(CC)CC2)n1. The number of H-pyrrole nitrogens is 1. The van der Waals surface area contributed by atoms with Crippen LogP contribution >= 0.6 is 0 Å². The first-order valence-electron chi connectivity index (χ1n) is 7.30. The third-order valence-corrected chi connectivity index (χ3v) is 3.69. The molecule has 1 aromatic heterocycles. The van der Waals surface area contributed by atoms with Gasteiger partial charge in [0, 0.05) is 37.9 Å². The molecule has 5 heteroatoms. The number of nitrogens with one attached hydrogen (secondary N) is 1. The summed E-state index contributed by atoms with van der Waals surface area (Å²) in [5.74, 6) is 0.745. The zero-order valence-electron chi connectivity index (χ0n) is 12.0. The first-order chi connectivity index (χ1) is 9.22. The van der Waals surface area contributed by atoms with E-state index < -0.39 is 0 Å². The van der Waals surface area contributed by atoms with Crippen molar-refractivity contribution in [1.29, 1.82) is 0 Å². The van der Waals surface area contributed by atoms with Crippen LogP contribution < -0.4 is 10.5 Å². The second kappa shape index (κ2) is 6.70. The van der Waals surface area contributed by atoms with E-state index in [0.717, 1.165) is 63.6 Å². The summed E-state index contributed by atoms with van der Waals surface area (Å²) < 4.78 is 0. The van der Waals surface area contributed by atoms with E-state index >= 15 is 0 Å². The molecule has 1 aromatic rings. The van der Waals surface area contributed by atoms with Crippen molar-refractivity contribution in [3.05, 3.63) is 22.1 Å². The fourth-order valence-electron chi connectivity index (χ4n) is 2.41. The van der Waals surface area contributed by atoms with Crippen LogP contribution in [-0.2, 0) is 6.42 Å². The second-order valence-corrected chi connectivity index (χ2v) is 5.09. The van der Waals surface area contributed by atoms with Gasteiger partial charge in [-0.3, -0.25) is 9.78 Å². The molecular weight excluding hydrogens is 240 g/mol. The van der Waals surface area contributed by atoms with Gasteiger partial charge < -0.3 is 9.80 Å². The maximum absolute atomic E-state index is 11.7. The van der Waals surface area contributed by atoms with Gasteiger partial charge in [0.25, 0.3) is 5.56 Å². The monoisotopic (exact) mass is 264 g/mol. The molecule has 0 saturated carbocycles. The Morgan fingerprint density at radius 1 is 1.26 bits per heavy atom. The minimum absolute atomic E-state index is 0.0333. The maximum Gasteiger partial charge on any atom is 0.252 e. The van der Waals surface area contributed by atoms with E-state index in [2.05, 4.69) is 33.6 Å². The van der Waals surface area contributed by atoms with Crippen LogP contribution in [0.25, 0.3) is 0 Å². The number of unbranched alkanes of at least 4 members (excludes halogenated alkanes) is 1. The number of aromatic nitrogens is 2. The number of aryl methyl sites for hydroxylation is 1. The van der Waals surface area contributed by atoms with Gasteiger partial charge in [0.1, 0.15) is 0 Å². The van der Waals surface area contributed by atoms with Crippen molar-refractivity contribution < 1.29 is 0 Å². The molecule has 1 saturated heterocycles. The molecule has 0 amide bonds. The Bertz CT molecular complexity index is 449. The van der Waals surface area contributed by atoms with Crippen LogP contribution in [0, 0.1) is 0 Å². The second-order valence-electron chi connectivity index (χ2n) is 5.09. The van der Waals surface area contributed by atoms with Crippen molar-refractivity contribution >= 4 is 5.95 Å². The summed E-state index contributed by atoms with van der Waals surface area (Å²) in [5, 5.41) is 0. The molecule has 0 unspecified atom stereocenters. The molecule has 1 N–H and O–H groups in total. The van der Waals surface area contributed by atoms with E-state index in [0.29, 0.717) is 0 Å². The van der Waals surface area contributed by atoms with Gasteiger partial charge in [-0.05, 0) is 19.4 Å². The van der Waals surface area contributed by atoms with E-state index in [1.165, 1.54) is 0 Å². The predicted octanol–water partition coefficient (Wildman–Crippen LogP) is 1.25. The number of anilines is 1. The summed E-state index contributed by atoms with van der Waals surface area (Å²) in [6.07, 6.45) is 3.10. The van der Waals surface area contributed by atoms with Crippen molar-refractivity contribution in [1.82, 2.24) is 14.9 Å². The molecule has 1 fully saturated rings. The number of nitrogens with zero attached hydrogens (tertiary/aromatic N) is 3. The van der Waals surface area contributed by atoms with Crippen LogP contribution in [0.5, 0.6) is 0 Å². The van der Waals surface area contributed by atoms with Gasteiger partial charge in [-0.15, -0.1) is 0 Å². The number of aromatic amines is 1. The molecule has 0 aliphatic carbocycles. The van der Waals surface area contributed by atoms with Crippen LogP contribution in [0.15, 0.2) is 10.9 Å². The Labute approximate surface area is 114 Å². The number of rotatable bonds is 5. The molecule has 2 heterocycles. The van der Waals surface area contributed by atoms with E-state index in [4.69, 9.17) is 0 Å². The van der Waals surface area contributed by atoms with Gasteiger partial charge in [0.15, 0.2) is 0 Å². The third-order valence-electron chi connectivity index (χ3n) is 3.69. The molecule has 0 aromatic carbocycles. The lowest BCUT2D eigenvalue weighted by molar-refractivity contribution is 0.269. The molecule has 1 aliphatic rings. The van der Waals surface area contributed by atoms with Crippen molar-refractivity contribution in [3.8, 4) is 0 Å². The fraction of sp³-hybridized carbons (Fsp3) is 0.714. The van der Waals surface area contributed by atoms with Gasteiger partial charge >= 0.3 is 0 Å². The van der Waals surface area contributed by atoms with Crippen molar-refractivity contribution in [2.45, 2.75) is 33.1 Å². The summed E-state index contributed by atoms with van der Waals surface area (Å²) in [4.78, 5) is 23.8. The molecule has 0 spiro atoms. The van der Waals surface area contributed by atoms with Gasteiger partial charge in [0.05, 0.1) is 0 Å². The normalized spacial score (nSPS) is 16.8. The zero-order chi connectivity index (χ0) is 13.7. The lowest BCUT2D eigenvalue weighted by Crippen LogP contribution is -2.47. The van der Waals surface area contributed by atoms with Crippen LogP contribution in [0.3, 0.4) is 0 Å². The summed E-state index contributed by atoms with van der Waals surface area (Å²) in [6, 6.07) is 1.63. The van der Waals surface area contributed by atoms with Crippen LogP contribution in [-0.4, -0.2) is 47.6 Å². The largest absolute Gasteiger partial charge is 0.340 e. The van der Waals surface area contributed by atoms with Crippen LogP contribution in [0.4, 0.5) is 5.95 Å². The Morgan fingerprint density at radius 3 is 2.63 bits per heavy atom. The minimum Gasteiger partial charge on any atom is -0.340 e. The Kier molecular flexibility index (Phi) is 4.96. The quantitative estimate of drug-likeness (QED) is 0.870. The summed E-state index contributed by atoms with van der Waals surface area (Å²) >= 11 is 0. The molecule has 0 radical (unpaired) electrons. The summed E-state index contributed by atoms with van der Waals surface area (Å²) in [5.41, 5.74) is 0.882. The Hall–Kier alpha value is -1.36. The first-order valence-corrected chi connectivity index (χ1v) is 7.30. The third kappa shape index (κ3) is 3.80. The Balaban J connectivity index is 2.07. The topological polar surface area (TPSA) is 52.2 Å². The number of hydrogen-bond donors (Lipinski definition) is 1. The zero-order valence-corrected chi connectivity index (χ0v) is 12.0. The highest BCUT2D eigenvalue weighted by molar-refractivity contribution is 5.31. The lowest BCUT2D eigenvalue weighted by atomic mass is 10.2. The van der Waals surface area contributed by atoms with Gasteiger partial charge in [-0.1, -0.05) is 20.3 Å².